The molecular formula is C11H8O5. The second-order valence-electron chi connectivity index (χ2n) is 3.26. The first kappa shape index (κ1) is 10.4. The Morgan fingerprint density at radius 1 is 1.38 bits per heavy atom. The normalized spacial score (nSPS) is 14.1. The maximum Gasteiger partial charge on any atom is 0.346 e. The minimum Gasteiger partial charge on any atom is -0.465 e. The van der Waals surface area contributed by atoms with Gasteiger partial charge >= 0.3 is 17.9 Å². The van der Waals surface area contributed by atoms with Crippen molar-refractivity contribution in [2.24, 2.45) is 0 Å². The summed E-state index contributed by atoms with van der Waals surface area (Å²) in [5.41, 5.74) is 0.836. The highest BCUT2D eigenvalue weighted by Gasteiger charge is 2.28. The van der Waals surface area contributed by atoms with Crippen molar-refractivity contribution in [1.29, 1.82) is 0 Å². The minimum absolute atomic E-state index is 0.0909. The van der Waals surface area contributed by atoms with Crippen molar-refractivity contribution in [3.63, 3.8) is 0 Å². The number of hydrogen-bond acceptors (Lipinski definition) is 5. The predicted octanol–water partition coefficient (Wildman–Crippen LogP) is 0.713. The number of methoxy groups -OCH3 is 1. The number of hydrogen-bond donors (Lipinski definition) is 0. The van der Waals surface area contributed by atoms with Crippen LogP contribution in [-0.4, -0.2) is 25.0 Å². The van der Waals surface area contributed by atoms with Crippen LogP contribution in [0.3, 0.4) is 0 Å². The van der Waals surface area contributed by atoms with Crippen molar-refractivity contribution >= 4 is 17.9 Å². The third-order valence-electron chi connectivity index (χ3n) is 2.33. The Kier molecular flexibility index (Phi) is 2.44. The Balaban J connectivity index is 2.58. The summed E-state index contributed by atoms with van der Waals surface area (Å²) in [5, 5.41) is 0. The molecule has 1 aliphatic rings. The van der Waals surface area contributed by atoms with E-state index in [9.17, 15) is 14.4 Å². The monoisotopic (exact) mass is 220 g/mol. The van der Waals surface area contributed by atoms with E-state index in [1.54, 1.807) is 6.07 Å². The Morgan fingerprint density at radius 3 is 2.81 bits per heavy atom. The fraction of sp³-hybridized carbons (Fsp3) is 0.182. The largest absolute Gasteiger partial charge is 0.465 e. The van der Waals surface area contributed by atoms with Gasteiger partial charge < -0.3 is 9.47 Å². The first-order valence-corrected chi connectivity index (χ1v) is 4.58. The minimum atomic E-state index is -0.725. The fourth-order valence-corrected chi connectivity index (χ4v) is 1.61. The highest BCUT2D eigenvalue weighted by Crippen LogP contribution is 2.22. The molecule has 16 heavy (non-hydrogen) atoms. The van der Waals surface area contributed by atoms with Gasteiger partial charge in [-0.2, -0.15) is 0 Å². The van der Waals surface area contributed by atoms with Crippen LogP contribution < -0.4 is 0 Å². The van der Waals surface area contributed by atoms with Crippen LogP contribution in [0.2, 0.25) is 0 Å². The van der Waals surface area contributed by atoms with Crippen molar-refractivity contribution in [1.82, 2.24) is 0 Å². The van der Waals surface area contributed by atoms with E-state index in [4.69, 9.17) is 0 Å². The molecule has 0 fully saturated rings. The summed E-state index contributed by atoms with van der Waals surface area (Å²) in [6.45, 7) is 0. The molecule has 0 aromatic heterocycles. The highest BCUT2D eigenvalue weighted by atomic mass is 16.6. The molecule has 0 bridgehead atoms. The van der Waals surface area contributed by atoms with Gasteiger partial charge in [-0.3, -0.25) is 4.79 Å². The summed E-state index contributed by atoms with van der Waals surface area (Å²) >= 11 is 0. The molecule has 0 aliphatic carbocycles. The summed E-state index contributed by atoms with van der Waals surface area (Å²) in [6, 6.07) is 4.56. The number of ether oxygens (including phenoxy) is 2. The Hall–Kier alpha value is -2.17. The van der Waals surface area contributed by atoms with E-state index in [1.165, 1.54) is 19.2 Å². The molecule has 0 N–H and O–H groups in total. The van der Waals surface area contributed by atoms with Crippen LogP contribution in [-0.2, 0) is 20.7 Å². The molecule has 82 valence electrons. The van der Waals surface area contributed by atoms with Gasteiger partial charge in [-0.05, 0) is 17.7 Å². The van der Waals surface area contributed by atoms with Gasteiger partial charge in [-0.15, -0.1) is 0 Å². The molecule has 0 amide bonds. The average Bonchev–Trinajstić information content (AvgIpc) is 2.27. The molecule has 1 heterocycles. The molecule has 1 aromatic rings. The van der Waals surface area contributed by atoms with Gasteiger partial charge in [0.05, 0.1) is 24.7 Å². The molecule has 0 spiro atoms. The number of cyclic esters (lactones) is 2. The fourth-order valence-electron chi connectivity index (χ4n) is 1.61. The Labute approximate surface area is 91.0 Å². The second kappa shape index (κ2) is 3.77. The van der Waals surface area contributed by atoms with Crippen LogP contribution >= 0.6 is 0 Å². The Morgan fingerprint density at radius 2 is 2.12 bits per heavy atom. The molecule has 0 saturated heterocycles. The molecule has 0 atom stereocenters. The number of carbonyl (C=O) groups is 3. The van der Waals surface area contributed by atoms with Crippen molar-refractivity contribution in [3.8, 4) is 0 Å². The van der Waals surface area contributed by atoms with E-state index in [0.717, 1.165) is 0 Å². The van der Waals surface area contributed by atoms with Crippen LogP contribution in [0.15, 0.2) is 18.2 Å². The molecule has 0 unspecified atom stereocenters. The van der Waals surface area contributed by atoms with Gasteiger partial charge in [0.1, 0.15) is 0 Å². The van der Waals surface area contributed by atoms with E-state index in [2.05, 4.69) is 9.47 Å². The average molecular weight is 220 g/mol. The summed E-state index contributed by atoms with van der Waals surface area (Å²) in [7, 11) is 1.24. The van der Waals surface area contributed by atoms with Crippen LogP contribution in [0.1, 0.15) is 26.3 Å². The van der Waals surface area contributed by atoms with Gasteiger partial charge in [0.25, 0.3) is 0 Å². The molecule has 2 rings (SSSR count). The lowest BCUT2D eigenvalue weighted by molar-refractivity contribution is -0.137. The summed E-state index contributed by atoms with van der Waals surface area (Å²) in [5.74, 6) is -1.95. The first-order chi connectivity index (χ1) is 7.63. The molecular weight excluding hydrogens is 212 g/mol. The van der Waals surface area contributed by atoms with E-state index in [0.29, 0.717) is 5.56 Å². The van der Waals surface area contributed by atoms with Crippen molar-refractivity contribution < 1.29 is 23.9 Å². The third-order valence-corrected chi connectivity index (χ3v) is 2.33. The van der Waals surface area contributed by atoms with Gasteiger partial charge in [0.15, 0.2) is 0 Å². The number of fused-ring (bicyclic) bond motifs is 1. The maximum atomic E-state index is 11.4. The topological polar surface area (TPSA) is 69.7 Å². The standard InChI is InChI=1S/C11H8O5/c1-15-10(13)6-3-2-4-7-8(6)5-9(12)16-11(7)14/h2-4H,5H2,1H3. The molecule has 5 nitrogen and oxygen atoms in total. The highest BCUT2D eigenvalue weighted by molar-refractivity contribution is 6.06. The zero-order valence-electron chi connectivity index (χ0n) is 8.48. The molecule has 1 aliphatic heterocycles. The van der Waals surface area contributed by atoms with Gasteiger partial charge in [0.2, 0.25) is 0 Å². The van der Waals surface area contributed by atoms with Gasteiger partial charge in [0, 0.05) is 0 Å². The first-order valence-electron chi connectivity index (χ1n) is 4.58. The third kappa shape index (κ3) is 1.56. The van der Waals surface area contributed by atoms with Crippen LogP contribution in [0, 0.1) is 0 Å². The summed E-state index contributed by atoms with van der Waals surface area (Å²) < 4.78 is 9.02. The lowest BCUT2D eigenvalue weighted by Gasteiger charge is -2.16. The van der Waals surface area contributed by atoms with Crippen LogP contribution in [0.5, 0.6) is 0 Å². The lowest BCUT2D eigenvalue weighted by Crippen LogP contribution is -2.25. The van der Waals surface area contributed by atoms with E-state index >= 15 is 0 Å². The molecule has 0 radical (unpaired) electrons. The quantitative estimate of drug-likeness (QED) is 0.515. The number of benzene rings is 1. The second-order valence-corrected chi connectivity index (χ2v) is 3.26. The number of carbonyl (C=O) groups excluding carboxylic acids is 3. The Bertz CT molecular complexity index is 489. The number of rotatable bonds is 1. The summed E-state index contributed by atoms with van der Waals surface area (Å²) in [4.78, 5) is 33.9. The summed E-state index contributed by atoms with van der Waals surface area (Å²) in [6.07, 6.45) is -0.0909. The molecule has 0 saturated carbocycles. The van der Waals surface area contributed by atoms with E-state index < -0.39 is 17.9 Å². The van der Waals surface area contributed by atoms with E-state index in [-0.39, 0.29) is 17.5 Å². The maximum absolute atomic E-state index is 11.4. The van der Waals surface area contributed by atoms with Gasteiger partial charge in [-0.25, -0.2) is 9.59 Å². The SMILES string of the molecule is COC(=O)c1cccc2c1CC(=O)OC2=O. The van der Waals surface area contributed by atoms with Crippen molar-refractivity contribution in [2.45, 2.75) is 6.42 Å². The van der Waals surface area contributed by atoms with Crippen LogP contribution in [0.25, 0.3) is 0 Å². The zero-order chi connectivity index (χ0) is 11.7. The molecule has 1 aromatic carbocycles. The van der Waals surface area contributed by atoms with Crippen LogP contribution in [0.4, 0.5) is 0 Å². The van der Waals surface area contributed by atoms with Gasteiger partial charge in [-0.1, -0.05) is 6.07 Å². The molecule has 5 heteroatoms. The zero-order valence-corrected chi connectivity index (χ0v) is 8.48. The lowest BCUT2D eigenvalue weighted by atomic mass is 9.96. The predicted molar refractivity (Wildman–Crippen MR) is 51.9 cm³/mol. The van der Waals surface area contributed by atoms with E-state index in [1.807, 2.05) is 0 Å². The number of esters is 3. The van der Waals surface area contributed by atoms with Crippen molar-refractivity contribution in [3.05, 3.63) is 34.9 Å². The smallest absolute Gasteiger partial charge is 0.346 e. The van der Waals surface area contributed by atoms with Crippen molar-refractivity contribution in [2.75, 3.05) is 7.11 Å².